The summed E-state index contributed by atoms with van der Waals surface area (Å²) in [4.78, 5) is 6.41. The number of hydrogen-bond donors (Lipinski definition) is 2. The van der Waals surface area contributed by atoms with E-state index in [-0.39, 0.29) is 23.7 Å². The zero-order valence-electron chi connectivity index (χ0n) is 9.00. The number of ether oxygens (including phenoxy) is 1. The van der Waals surface area contributed by atoms with E-state index in [4.69, 9.17) is 9.84 Å². The molecule has 4 nitrogen and oxygen atoms in total. The van der Waals surface area contributed by atoms with Gasteiger partial charge in [-0.05, 0) is 0 Å². The minimum absolute atomic E-state index is 0.0340. The second-order valence-corrected chi connectivity index (χ2v) is 3.38. The molecular weight excluding hydrogens is 230 g/mol. The third kappa shape index (κ3) is 2.12. The number of benzene rings is 1. The van der Waals surface area contributed by atoms with E-state index in [1.165, 1.54) is 13.3 Å². The van der Waals surface area contributed by atoms with Crippen LogP contribution < -0.4 is 4.74 Å². The minimum atomic E-state index is -0.777. The number of nitrogens with zero attached hydrogens (tertiary/aromatic N) is 1. The molecule has 0 radical (unpaired) electrons. The van der Waals surface area contributed by atoms with Crippen LogP contribution in [0.25, 0.3) is 11.4 Å². The van der Waals surface area contributed by atoms with Gasteiger partial charge in [-0.15, -0.1) is 0 Å². The number of H-pyrrole nitrogens is 1. The summed E-state index contributed by atoms with van der Waals surface area (Å²) < 4.78 is 32.1. The Balaban J connectivity index is 2.51. The number of hydrogen-bond acceptors (Lipinski definition) is 3. The number of aromatic amines is 1. The Morgan fingerprint density at radius 2 is 2.00 bits per heavy atom. The Labute approximate surface area is 95.9 Å². The number of aliphatic hydroxyl groups is 1. The monoisotopic (exact) mass is 240 g/mol. The Morgan fingerprint density at radius 1 is 1.35 bits per heavy atom. The molecule has 2 rings (SSSR count). The summed E-state index contributed by atoms with van der Waals surface area (Å²) in [5, 5.41) is 8.84. The molecule has 0 saturated heterocycles. The maximum atomic E-state index is 13.7. The lowest BCUT2D eigenvalue weighted by Gasteiger charge is -2.05. The lowest BCUT2D eigenvalue weighted by molar-refractivity contribution is 0.277. The molecule has 6 heteroatoms. The van der Waals surface area contributed by atoms with Crippen molar-refractivity contribution in [1.29, 1.82) is 0 Å². The van der Waals surface area contributed by atoms with Gasteiger partial charge in [0.1, 0.15) is 23.2 Å². The first-order chi connectivity index (χ1) is 8.15. The number of nitrogens with one attached hydrogen (secondary N) is 1. The standard InChI is InChI=1S/C11H10F2N2O2/c1-17-7-2-8(12)10(9(13)3-7)11-14-4-6(5-16)15-11/h2-4,16H,5H2,1H3,(H,14,15). The molecule has 0 bridgehead atoms. The van der Waals surface area contributed by atoms with Crippen LogP contribution in [0.5, 0.6) is 5.75 Å². The molecular formula is C11H10F2N2O2. The third-order valence-corrected chi connectivity index (χ3v) is 2.29. The lowest BCUT2D eigenvalue weighted by Crippen LogP contribution is -1.95. The SMILES string of the molecule is COc1cc(F)c(-c2ncc(CO)[nH]2)c(F)c1. The molecule has 0 aliphatic heterocycles. The van der Waals surface area contributed by atoms with Crippen LogP contribution >= 0.6 is 0 Å². The number of halogens is 2. The highest BCUT2D eigenvalue weighted by molar-refractivity contribution is 5.58. The predicted molar refractivity (Wildman–Crippen MR) is 56.4 cm³/mol. The molecule has 0 aliphatic rings. The second kappa shape index (κ2) is 4.50. The van der Waals surface area contributed by atoms with Gasteiger partial charge in [-0.1, -0.05) is 0 Å². The van der Waals surface area contributed by atoms with E-state index in [0.29, 0.717) is 5.69 Å². The highest BCUT2D eigenvalue weighted by Crippen LogP contribution is 2.27. The van der Waals surface area contributed by atoms with Crippen LogP contribution in [0, 0.1) is 11.6 Å². The Hall–Kier alpha value is -1.95. The second-order valence-electron chi connectivity index (χ2n) is 3.38. The molecule has 0 spiro atoms. The number of methoxy groups -OCH3 is 1. The van der Waals surface area contributed by atoms with Crippen LogP contribution in [0.4, 0.5) is 8.78 Å². The summed E-state index contributed by atoms with van der Waals surface area (Å²) in [6.45, 7) is -0.271. The fourth-order valence-electron chi connectivity index (χ4n) is 1.46. The van der Waals surface area contributed by atoms with Gasteiger partial charge in [0.05, 0.1) is 31.2 Å². The smallest absolute Gasteiger partial charge is 0.143 e. The molecule has 2 N–H and O–H groups in total. The number of imidazole rings is 1. The normalized spacial score (nSPS) is 10.6. The largest absolute Gasteiger partial charge is 0.497 e. The molecule has 0 atom stereocenters. The zero-order valence-corrected chi connectivity index (χ0v) is 9.00. The molecule has 0 amide bonds. The van der Waals surface area contributed by atoms with Gasteiger partial charge in [0, 0.05) is 12.1 Å². The van der Waals surface area contributed by atoms with Gasteiger partial charge in [0.15, 0.2) is 0 Å². The first kappa shape index (κ1) is 11.5. The van der Waals surface area contributed by atoms with E-state index in [1.54, 1.807) is 0 Å². The molecule has 1 aromatic heterocycles. The van der Waals surface area contributed by atoms with Gasteiger partial charge in [0.2, 0.25) is 0 Å². The van der Waals surface area contributed by atoms with E-state index in [9.17, 15) is 8.78 Å². The van der Waals surface area contributed by atoms with E-state index < -0.39 is 11.6 Å². The highest BCUT2D eigenvalue weighted by Gasteiger charge is 2.16. The van der Waals surface area contributed by atoms with E-state index in [2.05, 4.69) is 9.97 Å². The van der Waals surface area contributed by atoms with Gasteiger partial charge < -0.3 is 14.8 Å². The maximum Gasteiger partial charge on any atom is 0.143 e. The first-order valence-corrected chi connectivity index (χ1v) is 4.84. The maximum absolute atomic E-state index is 13.7. The van der Waals surface area contributed by atoms with Crippen molar-refractivity contribution in [3.8, 4) is 17.1 Å². The van der Waals surface area contributed by atoms with E-state index in [1.807, 2.05) is 0 Å². The van der Waals surface area contributed by atoms with Gasteiger partial charge >= 0.3 is 0 Å². The van der Waals surface area contributed by atoms with E-state index >= 15 is 0 Å². The third-order valence-electron chi connectivity index (χ3n) is 2.29. The zero-order chi connectivity index (χ0) is 12.4. The molecule has 90 valence electrons. The van der Waals surface area contributed by atoms with Crippen LogP contribution in [0.15, 0.2) is 18.3 Å². The van der Waals surface area contributed by atoms with Crippen molar-refractivity contribution in [2.45, 2.75) is 6.61 Å². The molecule has 0 unspecified atom stereocenters. The predicted octanol–water partition coefficient (Wildman–Crippen LogP) is 1.86. The van der Waals surface area contributed by atoms with Crippen molar-refractivity contribution in [1.82, 2.24) is 9.97 Å². The van der Waals surface area contributed by atoms with Crippen LogP contribution in [-0.2, 0) is 6.61 Å². The number of aliphatic hydroxyl groups excluding tert-OH is 1. The molecule has 1 heterocycles. The number of rotatable bonds is 3. The van der Waals surface area contributed by atoms with Crippen molar-refractivity contribution in [3.63, 3.8) is 0 Å². The fourth-order valence-corrected chi connectivity index (χ4v) is 1.46. The molecule has 0 aliphatic carbocycles. The summed E-state index contributed by atoms with van der Waals surface area (Å²) in [7, 11) is 1.32. The van der Waals surface area contributed by atoms with Gasteiger partial charge in [-0.25, -0.2) is 13.8 Å². The van der Waals surface area contributed by atoms with Gasteiger partial charge in [0.25, 0.3) is 0 Å². The molecule has 17 heavy (non-hydrogen) atoms. The van der Waals surface area contributed by atoms with Gasteiger partial charge in [-0.3, -0.25) is 0 Å². The van der Waals surface area contributed by atoms with Crippen LogP contribution in [-0.4, -0.2) is 22.2 Å². The van der Waals surface area contributed by atoms with Gasteiger partial charge in [-0.2, -0.15) is 0 Å². The summed E-state index contributed by atoms with van der Waals surface area (Å²) in [6, 6.07) is 2.14. The van der Waals surface area contributed by atoms with Crippen LogP contribution in [0.1, 0.15) is 5.69 Å². The summed E-state index contributed by atoms with van der Waals surface area (Å²) in [6.07, 6.45) is 1.32. The average Bonchev–Trinajstić information content (AvgIpc) is 2.76. The lowest BCUT2D eigenvalue weighted by atomic mass is 10.2. The quantitative estimate of drug-likeness (QED) is 0.860. The topological polar surface area (TPSA) is 58.1 Å². The van der Waals surface area contributed by atoms with Crippen molar-refractivity contribution >= 4 is 0 Å². The molecule has 2 aromatic rings. The fraction of sp³-hybridized carbons (Fsp3) is 0.182. The Bertz CT molecular complexity index is 517. The van der Waals surface area contributed by atoms with Crippen molar-refractivity contribution in [2.75, 3.05) is 7.11 Å². The summed E-state index contributed by atoms with van der Waals surface area (Å²) in [5.41, 5.74) is 0.111. The average molecular weight is 240 g/mol. The van der Waals surface area contributed by atoms with Crippen molar-refractivity contribution in [3.05, 3.63) is 35.7 Å². The minimum Gasteiger partial charge on any atom is -0.497 e. The summed E-state index contributed by atoms with van der Waals surface area (Å²) >= 11 is 0. The molecule has 0 saturated carbocycles. The van der Waals surface area contributed by atoms with E-state index in [0.717, 1.165) is 12.1 Å². The molecule has 0 fully saturated rings. The molecule has 1 aromatic carbocycles. The summed E-state index contributed by atoms with van der Waals surface area (Å²) in [5.74, 6) is -1.43. The van der Waals surface area contributed by atoms with Crippen LogP contribution in [0.2, 0.25) is 0 Å². The first-order valence-electron chi connectivity index (χ1n) is 4.84. The van der Waals surface area contributed by atoms with Crippen LogP contribution in [0.3, 0.4) is 0 Å². The van der Waals surface area contributed by atoms with Crippen molar-refractivity contribution < 1.29 is 18.6 Å². The number of aromatic nitrogens is 2. The highest BCUT2D eigenvalue weighted by atomic mass is 19.1. The van der Waals surface area contributed by atoms with Crippen molar-refractivity contribution in [2.24, 2.45) is 0 Å². The Kier molecular flexibility index (Phi) is 3.06. The Morgan fingerprint density at radius 3 is 2.47 bits per heavy atom.